The van der Waals surface area contributed by atoms with E-state index in [4.69, 9.17) is 4.74 Å². The average Bonchev–Trinajstić information content (AvgIpc) is 3.45. The monoisotopic (exact) mass is 452 g/mol. The standard InChI is InChI=1S/C22H20N4O3S2/c1-2-29-19-10-12-20(13-11-19)31(27,28)25-23-15-17-16-26(18-7-4-3-5-8-18)24-22(17)21-9-6-14-30-21/h3-16,25H,2H2,1H3/b23-15+. The number of sulfonamides is 1. The van der Waals surface area contributed by atoms with Gasteiger partial charge in [0, 0.05) is 11.8 Å². The lowest BCUT2D eigenvalue weighted by Gasteiger charge is -2.05. The summed E-state index contributed by atoms with van der Waals surface area (Å²) in [7, 11) is -3.80. The molecule has 2 aromatic carbocycles. The van der Waals surface area contributed by atoms with Crippen LogP contribution < -0.4 is 9.57 Å². The third-order valence-corrected chi connectivity index (χ3v) is 6.45. The number of hydrazone groups is 1. The first-order valence-corrected chi connectivity index (χ1v) is 11.9. The molecule has 4 rings (SSSR count). The number of nitrogens with one attached hydrogen (secondary N) is 1. The molecule has 9 heteroatoms. The maximum absolute atomic E-state index is 12.5. The summed E-state index contributed by atoms with van der Waals surface area (Å²) in [6, 6.07) is 19.8. The van der Waals surface area contributed by atoms with Crippen molar-refractivity contribution in [2.24, 2.45) is 5.10 Å². The van der Waals surface area contributed by atoms with Crippen molar-refractivity contribution in [3.63, 3.8) is 0 Å². The number of thiophene rings is 1. The van der Waals surface area contributed by atoms with Crippen LogP contribution >= 0.6 is 11.3 Å². The highest BCUT2D eigenvalue weighted by Gasteiger charge is 2.14. The Labute approximate surface area is 184 Å². The van der Waals surface area contributed by atoms with Crippen LogP contribution in [0, 0.1) is 0 Å². The van der Waals surface area contributed by atoms with Gasteiger partial charge in [-0.2, -0.15) is 18.6 Å². The Balaban J connectivity index is 1.58. The summed E-state index contributed by atoms with van der Waals surface area (Å²) in [6.07, 6.45) is 3.28. The lowest BCUT2D eigenvalue weighted by Crippen LogP contribution is -2.18. The van der Waals surface area contributed by atoms with E-state index in [2.05, 4.69) is 15.0 Å². The van der Waals surface area contributed by atoms with E-state index in [-0.39, 0.29) is 4.90 Å². The number of benzene rings is 2. The SMILES string of the molecule is CCOc1ccc(S(=O)(=O)N/N=C/c2cn(-c3ccccc3)nc2-c2cccs2)cc1. The molecule has 0 spiro atoms. The molecule has 1 N–H and O–H groups in total. The molecule has 0 saturated heterocycles. The number of rotatable bonds is 8. The fourth-order valence-electron chi connectivity index (χ4n) is 2.90. The van der Waals surface area contributed by atoms with E-state index in [1.54, 1.807) is 28.2 Å². The van der Waals surface area contributed by atoms with Gasteiger partial charge in [0.05, 0.1) is 28.3 Å². The van der Waals surface area contributed by atoms with Crippen molar-refractivity contribution >= 4 is 27.6 Å². The van der Waals surface area contributed by atoms with Gasteiger partial charge in [-0.1, -0.05) is 24.3 Å². The van der Waals surface area contributed by atoms with Crippen molar-refractivity contribution < 1.29 is 13.2 Å². The van der Waals surface area contributed by atoms with Gasteiger partial charge in [0.2, 0.25) is 0 Å². The van der Waals surface area contributed by atoms with Crippen LogP contribution in [0.5, 0.6) is 5.75 Å². The molecule has 0 unspecified atom stereocenters. The third-order valence-electron chi connectivity index (χ3n) is 4.34. The summed E-state index contributed by atoms with van der Waals surface area (Å²) in [5.41, 5.74) is 2.32. The smallest absolute Gasteiger partial charge is 0.276 e. The minimum Gasteiger partial charge on any atom is -0.494 e. The first-order valence-electron chi connectivity index (χ1n) is 9.53. The van der Waals surface area contributed by atoms with Crippen LogP contribution in [0.15, 0.2) is 88.3 Å². The number of hydrogen-bond acceptors (Lipinski definition) is 6. The van der Waals surface area contributed by atoms with Crippen molar-refractivity contribution in [3.05, 3.63) is 83.9 Å². The van der Waals surface area contributed by atoms with Gasteiger partial charge in [0.1, 0.15) is 11.4 Å². The van der Waals surface area contributed by atoms with Crippen LogP contribution in [0.2, 0.25) is 0 Å². The van der Waals surface area contributed by atoms with Gasteiger partial charge in [0.25, 0.3) is 10.0 Å². The van der Waals surface area contributed by atoms with E-state index >= 15 is 0 Å². The molecule has 2 heterocycles. The second-order valence-electron chi connectivity index (χ2n) is 6.45. The zero-order valence-corrected chi connectivity index (χ0v) is 18.3. The van der Waals surface area contributed by atoms with Gasteiger partial charge in [-0.3, -0.25) is 0 Å². The maximum atomic E-state index is 12.5. The molecular formula is C22H20N4O3S2. The molecule has 0 fully saturated rings. The molecule has 7 nitrogen and oxygen atoms in total. The first-order chi connectivity index (χ1) is 15.1. The van der Waals surface area contributed by atoms with Crippen LogP contribution in [0.4, 0.5) is 0 Å². The highest BCUT2D eigenvalue weighted by molar-refractivity contribution is 7.89. The van der Waals surface area contributed by atoms with Gasteiger partial charge >= 0.3 is 0 Å². The predicted molar refractivity (Wildman–Crippen MR) is 122 cm³/mol. The molecule has 31 heavy (non-hydrogen) atoms. The molecule has 0 bridgehead atoms. The van der Waals surface area contributed by atoms with Gasteiger partial charge in [0.15, 0.2) is 0 Å². The Morgan fingerprint density at radius 3 is 2.55 bits per heavy atom. The quantitative estimate of drug-likeness (QED) is 0.319. The Hall–Kier alpha value is -3.43. The van der Waals surface area contributed by atoms with Crippen molar-refractivity contribution in [3.8, 4) is 22.0 Å². The van der Waals surface area contributed by atoms with E-state index in [1.807, 2.05) is 61.0 Å². The molecule has 0 amide bonds. The lowest BCUT2D eigenvalue weighted by atomic mass is 10.2. The first kappa shape index (κ1) is 20.8. The summed E-state index contributed by atoms with van der Waals surface area (Å²) < 4.78 is 32.2. The minimum absolute atomic E-state index is 0.103. The second-order valence-corrected chi connectivity index (χ2v) is 9.06. The largest absolute Gasteiger partial charge is 0.494 e. The normalized spacial score (nSPS) is 11.6. The highest BCUT2D eigenvalue weighted by Crippen LogP contribution is 2.27. The number of aromatic nitrogens is 2. The van der Waals surface area contributed by atoms with Crippen LogP contribution in [-0.2, 0) is 10.0 Å². The van der Waals surface area contributed by atoms with Crippen molar-refractivity contribution in [2.45, 2.75) is 11.8 Å². The van der Waals surface area contributed by atoms with Gasteiger partial charge in [-0.15, -0.1) is 11.3 Å². The second kappa shape index (κ2) is 9.15. The van der Waals surface area contributed by atoms with Crippen LogP contribution in [-0.4, -0.2) is 31.0 Å². The van der Waals surface area contributed by atoms with Crippen LogP contribution in [0.1, 0.15) is 12.5 Å². The Kier molecular flexibility index (Phi) is 6.15. The Bertz CT molecular complexity index is 1260. The average molecular weight is 453 g/mol. The Morgan fingerprint density at radius 1 is 1.10 bits per heavy atom. The van der Waals surface area contributed by atoms with E-state index in [0.717, 1.165) is 16.3 Å². The number of hydrogen-bond donors (Lipinski definition) is 1. The lowest BCUT2D eigenvalue weighted by molar-refractivity contribution is 0.340. The highest BCUT2D eigenvalue weighted by atomic mass is 32.2. The van der Waals surface area contributed by atoms with Gasteiger partial charge in [-0.25, -0.2) is 9.51 Å². The summed E-state index contributed by atoms with van der Waals surface area (Å²) >= 11 is 1.55. The Morgan fingerprint density at radius 2 is 1.87 bits per heavy atom. The molecule has 0 aliphatic heterocycles. The molecule has 0 atom stereocenters. The summed E-state index contributed by atoms with van der Waals surface area (Å²) in [4.78, 5) is 3.33. The molecule has 0 aliphatic rings. The maximum Gasteiger partial charge on any atom is 0.276 e. The van der Waals surface area contributed by atoms with Crippen LogP contribution in [0.3, 0.4) is 0 Å². The minimum atomic E-state index is -3.80. The molecule has 0 saturated carbocycles. The fraction of sp³-hybridized carbons (Fsp3) is 0.0909. The van der Waals surface area contributed by atoms with E-state index in [1.165, 1.54) is 18.3 Å². The molecule has 4 aromatic rings. The third kappa shape index (κ3) is 4.84. The molecule has 2 aromatic heterocycles. The fourth-order valence-corrected chi connectivity index (χ4v) is 4.42. The number of nitrogens with zero attached hydrogens (tertiary/aromatic N) is 3. The van der Waals surface area contributed by atoms with Crippen molar-refractivity contribution in [1.29, 1.82) is 0 Å². The number of para-hydroxylation sites is 1. The molecule has 158 valence electrons. The summed E-state index contributed by atoms with van der Waals surface area (Å²) in [5, 5.41) is 10.6. The van der Waals surface area contributed by atoms with Crippen molar-refractivity contribution in [1.82, 2.24) is 14.6 Å². The van der Waals surface area contributed by atoms with E-state index in [9.17, 15) is 8.42 Å². The molecular weight excluding hydrogens is 432 g/mol. The zero-order valence-electron chi connectivity index (χ0n) is 16.7. The zero-order chi connectivity index (χ0) is 21.7. The predicted octanol–water partition coefficient (Wildman–Crippen LogP) is 4.31. The molecule has 0 radical (unpaired) electrons. The van der Waals surface area contributed by atoms with E-state index in [0.29, 0.717) is 17.9 Å². The van der Waals surface area contributed by atoms with Gasteiger partial charge < -0.3 is 4.74 Å². The summed E-state index contributed by atoms with van der Waals surface area (Å²) in [5.74, 6) is 0.610. The topological polar surface area (TPSA) is 85.6 Å². The summed E-state index contributed by atoms with van der Waals surface area (Å²) in [6.45, 7) is 2.38. The number of ether oxygens (including phenoxy) is 1. The van der Waals surface area contributed by atoms with Gasteiger partial charge in [-0.05, 0) is 54.8 Å². The molecule has 0 aliphatic carbocycles. The van der Waals surface area contributed by atoms with Crippen LogP contribution in [0.25, 0.3) is 16.3 Å². The van der Waals surface area contributed by atoms with E-state index < -0.39 is 10.0 Å². The van der Waals surface area contributed by atoms with Crippen molar-refractivity contribution in [2.75, 3.05) is 6.61 Å².